The van der Waals surface area contributed by atoms with Crippen LogP contribution in [0.15, 0.2) is 0 Å². The van der Waals surface area contributed by atoms with Crippen LogP contribution < -0.4 is 10.2 Å². The Bertz CT molecular complexity index is 271. The molecule has 0 bridgehead atoms. The quantitative estimate of drug-likeness (QED) is 0.740. The molecule has 0 radical (unpaired) electrons. The molecule has 2 aliphatic rings. The van der Waals surface area contributed by atoms with Crippen LogP contribution in [0.4, 0.5) is 0 Å². The van der Waals surface area contributed by atoms with Gasteiger partial charge in [-0.1, -0.05) is 6.42 Å². The largest absolute Gasteiger partial charge is 0.349 e. The van der Waals surface area contributed by atoms with Crippen molar-refractivity contribution >= 4 is 17.5 Å². The molecule has 4 heteroatoms. The number of carbonyl (C=O) groups excluding carboxylic acids is 1. The van der Waals surface area contributed by atoms with Gasteiger partial charge in [0.25, 0.3) is 0 Å². The van der Waals surface area contributed by atoms with Gasteiger partial charge in [0.1, 0.15) is 11.4 Å². The van der Waals surface area contributed by atoms with E-state index in [1.165, 1.54) is 64.5 Å². The number of amides is 1. The molecule has 2 N–H and O–H groups in total. The van der Waals surface area contributed by atoms with Gasteiger partial charge in [-0.15, -0.1) is 11.6 Å². The smallest absolute Gasteiger partial charge is 0.235 e. The number of piperidine rings is 1. The lowest BCUT2D eigenvalue weighted by Gasteiger charge is -2.45. The second kappa shape index (κ2) is 6.76. The van der Waals surface area contributed by atoms with Crippen LogP contribution >= 0.6 is 11.6 Å². The normalized spacial score (nSPS) is 24.7. The Hall–Kier alpha value is -0.280. The summed E-state index contributed by atoms with van der Waals surface area (Å²) in [5, 5.41) is 3.05. The van der Waals surface area contributed by atoms with Crippen molar-refractivity contribution < 1.29 is 9.69 Å². The molecule has 1 saturated carbocycles. The summed E-state index contributed by atoms with van der Waals surface area (Å²) in [6.07, 6.45) is 10.6. The average Bonchev–Trinajstić information content (AvgIpc) is 2.46. The molecule has 3 nitrogen and oxygen atoms in total. The zero-order chi connectivity index (χ0) is 12.8. The summed E-state index contributed by atoms with van der Waals surface area (Å²) in [7, 11) is 0. The SMILES string of the molecule is O=C(CCl)NCC1([NH+]2CCCCC2)CCCCC1. The first-order chi connectivity index (χ1) is 8.77. The lowest BCUT2D eigenvalue weighted by atomic mass is 9.79. The molecule has 18 heavy (non-hydrogen) atoms. The first kappa shape index (κ1) is 14.1. The van der Waals surface area contributed by atoms with Gasteiger partial charge < -0.3 is 10.2 Å². The lowest BCUT2D eigenvalue weighted by molar-refractivity contribution is -0.957. The minimum atomic E-state index is -0.0157. The predicted molar refractivity (Wildman–Crippen MR) is 74.1 cm³/mol. The molecular weight excluding hydrogens is 248 g/mol. The Kier molecular flexibility index (Phi) is 5.31. The van der Waals surface area contributed by atoms with Crippen molar-refractivity contribution in [3.63, 3.8) is 0 Å². The fraction of sp³-hybridized carbons (Fsp3) is 0.929. The van der Waals surface area contributed by atoms with E-state index in [2.05, 4.69) is 5.32 Å². The molecule has 0 aromatic carbocycles. The molecule has 0 spiro atoms. The molecule has 1 saturated heterocycles. The minimum absolute atomic E-state index is 0.0157. The summed E-state index contributed by atoms with van der Waals surface area (Å²) < 4.78 is 0. The molecule has 0 aromatic heterocycles. The van der Waals surface area contributed by atoms with Crippen LogP contribution in [0.2, 0.25) is 0 Å². The van der Waals surface area contributed by atoms with E-state index in [0.717, 1.165) is 6.54 Å². The first-order valence-corrected chi connectivity index (χ1v) is 7.98. The Morgan fingerprint density at radius 2 is 1.67 bits per heavy atom. The van der Waals surface area contributed by atoms with Crippen molar-refractivity contribution in [2.75, 3.05) is 25.5 Å². The van der Waals surface area contributed by atoms with Crippen LogP contribution in [0, 0.1) is 0 Å². The fourth-order valence-corrected chi connectivity index (χ4v) is 3.80. The average molecular weight is 274 g/mol. The minimum Gasteiger partial charge on any atom is -0.349 e. The van der Waals surface area contributed by atoms with E-state index in [9.17, 15) is 4.79 Å². The summed E-state index contributed by atoms with van der Waals surface area (Å²) in [5.41, 5.74) is 0.306. The number of rotatable bonds is 4. The van der Waals surface area contributed by atoms with Crippen molar-refractivity contribution in [2.24, 2.45) is 0 Å². The molecule has 1 amide bonds. The number of alkyl halides is 1. The molecule has 1 aliphatic heterocycles. The van der Waals surface area contributed by atoms with Crippen LogP contribution in [0.25, 0.3) is 0 Å². The van der Waals surface area contributed by atoms with E-state index in [-0.39, 0.29) is 11.8 Å². The topological polar surface area (TPSA) is 33.5 Å². The van der Waals surface area contributed by atoms with Crippen molar-refractivity contribution in [3.05, 3.63) is 0 Å². The number of quaternary nitrogens is 1. The van der Waals surface area contributed by atoms with Gasteiger partial charge in [0.15, 0.2) is 0 Å². The monoisotopic (exact) mass is 273 g/mol. The number of carbonyl (C=O) groups is 1. The van der Waals surface area contributed by atoms with E-state index in [1.54, 1.807) is 4.90 Å². The van der Waals surface area contributed by atoms with Crippen molar-refractivity contribution in [2.45, 2.75) is 56.9 Å². The van der Waals surface area contributed by atoms with Gasteiger partial charge >= 0.3 is 0 Å². The Morgan fingerprint density at radius 3 is 2.28 bits per heavy atom. The lowest BCUT2D eigenvalue weighted by Crippen LogP contribution is -3.22. The van der Waals surface area contributed by atoms with E-state index in [0.29, 0.717) is 5.54 Å². The highest BCUT2D eigenvalue weighted by atomic mass is 35.5. The Labute approximate surface area is 115 Å². The highest BCUT2D eigenvalue weighted by molar-refractivity contribution is 6.27. The maximum absolute atomic E-state index is 11.4. The highest BCUT2D eigenvalue weighted by Gasteiger charge is 2.42. The second-order valence-corrected chi connectivity index (χ2v) is 6.18. The first-order valence-electron chi connectivity index (χ1n) is 7.45. The third kappa shape index (κ3) is 3.39. The maximum atomic E-state index is 11.4. The van der Waals surface area contributed by atoms with E-state index < -0.39 is 0 Å². The summed E-state index contributed by atoms with van der Waals surface area (Å²) in [6.45, 7) is 3.40. The van der Waals surface area contributed by atoms with Crippen LogP contribution in [0.5, 0.6) is 0 Å². The van der Waals surface area contributed by atoms with Crippen LogP contribution in [-0.4, -0.2) is 37.0 Å². The number of hydrogen-bond donors (Lipinski definition) is 2. The standard InChI is InChI=1S/C14H25ClN2O/c15-11-13(18)16-12-14(7-3-1-4-8-14)17-9-5-2-6-10-17/h1-12H2,(H,16,18)/p+1. The van der Waals surface area contributed by atoms with Gasteiger partial charge in [0.2, 0.25) is 5.91 Å². The van der Waals surface area contributed by atoms with E-state index >= 15 is 0 Å². The molecule has 0 aromatic rings. The predicted octanol–water partition coefficient (Wildman–Crippen LogP) is 1.11. The molecule has 2 fully saturated rings. The summed E-state index contributed by atoms with van der Waals surface area (Å²) in [6, 6.07) is 0. The van der Waals surface area contributed by atoms with Crippen molar-refractivity contribution in [1.82, 2.24) is 5.32 Å². The number of hydrogen-bond acceptors (Lipinski definition) is 1. The zero-order valence-electron chi connectivity index (χ0n) is 11.3. The van der Waals surface area contributed by atoms with Crippen LogP contribution in [0.3, 0.4) is 0 Å². The fourth-order valence-electron chi connectivity index (χ4n) is 3.71. The number of likely N-dealkylation sites (tertiary alicyclic amines) is 1. The van der Waals surface area contributed by atoms with E-state index in [4.69, 9.17) is 11.6 Å². The van der Waals surface area contributed by atoms with Gasteiger partial charge in [-0.05, 0) is 32.1 Å². The highest BCUT2D eigenvalue weighted by Crippen LogP contribution is 2.26. The van der Waals surface area contributed by atoms with Gasteiger partial charge in [-0.2, -0.15) is 0 Å². The molecular formula is C14H26ClN2O+. The molecule has 0 unspecified atom stereocenters. The summed E-state index contributed by atoms with van der Waals surface area (Å²) in [4.78, 5) is 13.2. The molecule has 2 rings (SSSR count). The van der Waals surface area contributed by atoms with Gasteiger partial charge in [0.05, 0.1) is 19.6 Å². The third-order valence-electron chi connectivity index (χ3n) is 4.76. The van der Waals surface area contributed by atoms with Gasteiger partial charge in [-0.25, -0.2) is 0 Å². The van der Waals surface area contributed by atoms with Crippen LogP contribution in [-0.2, 0) is 4.79 Å². The maximum Gasteiger partial charge on any atom is 0.235 e. The molecule has 1 aliphatic carbocycles. The van der Waals surface area contributed by atoms with Gasteiger partial charge in [-0.3, -0.25) is 4.79 Å². The molecule has 1 heterocycles. The summed E-state index contributed by atoms with van der Waals surface area (Å²) in [5.74, 6) is 0.0730. The molecule has 104 valence electrons. The molecule has 0 atom stereocenters. The van der Waals surface area contributed by atoms with Crippen molar-refractivity contribution in [3.8, 4) is 0 Å². The third-order valence-corrected chi connectivity index (χ3v) is 5.01. The van der Waals surface area contributed by atoms with Gasteiger partial charge in [0, 0.05) is 12.8 Å². The summed E-state index contributed by atoms with van der Waals surface area (Å²) >= 11 is 5.58. The zero-order valence-corrected chi connectivity index (χ0v) is 12.0. The second-order valence-electron chi connectivity index (χ2n) is 5.92. The van der Waals surface area contributed by atoms with Crippen molar-refractivity contribution in [1.29, 1.82) is 0 Å². The number of halogens is 1. The van der Waals surface area contributed by atoms with E-state index in [1.807, 2.05) is 0 Å². The number of nitrogens with one attached hydrogen (secondary N) is 2. The Balaban J connectivity index is 1.99. The Morgan fingerprint density at radius 1 is 1.06 bits per heavy atom. The van der Waals surface area contributed by atoms with Crippen LogP contribution in [0.1, 0.15) is 51.4 Å².